The van der Waals surface area contributed by atoms with Gasteiger partial charge in [0.25, 0.3) is 0 Å². The zero-order valence-electron chi connectivity index (χ0n) is 9.95. The zero-order valence-corrected chi connectivity index (χ0v) is 10.8. The van der Waals surface area contributed by atoms with E-state index < -0.39 is 10.0 Å². The van der Waals surface area contributed by atoms with Crippen LogP contribution in [-0.4, -0.2) is 14.0 Å². The molecule has 0 radical (unpaired) electrons. The van der Waals surface area contributed by atoms with E-state index in [1.54, 1.807) is 13.0 Å². The summed E-state index contributed by atoms with van der Waals surface area (Å²) < 4.78 is 22.9. The predicted octanol–water partition coefficient (Wildman–Crippen LogP) is 1.19. The van der Waals surface area contributed by atoms with Crippen molar-refractivity contribution in [2.75, 3.05) is 11.1 Å². The Hall–Kier alpha value is -1.27. The van der Waals surface area contributed by atoms with Gasteiger partial charge in [-0.3, -0.25) is 0 Å². The van der Waals surface area contributed by atoms with Gasteiger partial charge in [0.2, 0.25) is 10.0 Å². The van der Waals surface area contributed by atoms with Crippen molar-refractivity contribution >= 4 is 21.4 Å². The molecule has 0 bridgehead atoms. The van der Waals surface area contributed by atoms with E-state index in [0.29, 0.717) is 11.3 Å². The SMILES string of the molecule is Cc1c(NC2(C)CC2)cc(N)cc1S(N)(=O)=O. The molecule has 0 spiro atoms. The van der Waals surface area contributed by atoms with Crippen molar-refractivity contribution in [2.24, 2.45) is 5.14 Å². The Morgan fingerprint density at radius 1 is 1.35 bits per heavy atom. The van der Waals surface area contributed by atoms with Crippen LogP contribution >= 0.6 is 0 Å². The predicted molar refractivity (Wildman–Crippen MR) is 68.2 cm³/mol. The minimum Gasteiger partial charge on any atom is -0.399 e. The monoisotopic (exact) mass is 255 g/mol. The van der Waals surface area contributed by atoms with Crippen LogP contribution in [0.3, 0.4) is 0 Å². The number of rotatable bonds is 3. The summed E-state index contributed by atoms with van der Waals surface area (Å²) in [6.45, 7) is 3.82. The number of nitrogens with one attached hydrogen (secondary N) is 1. The number of primary sulfonamides is 1. The Labute approximate surface area is 101 Å². The number of benzene rings is 1. The normalized spacial score (nSPS) is 17.8. The van der Waals surface area contributed by atoms with Crippen molar-refractivity contribution in [2.45, 2.75) is 37.1 Å². The van der Waals surface area contributed by atoms with Crippen molar-refractivity contribution in [3.63, 3.8) is 0 Å². The van der Waals surface area contributed by atoms with Crippen molar-refractivity contribution < 1.29 is 8.42 Å². The molecular weight excluding hydrogens is 238 g/mol. The third kappa shape index (κ3) is 2.53. The lowest BCUT2D eigenvalue weighted by Gasteiger charge is -2.18. The van der Waals surface area contributed by atoms with Gasteiger partial charge in [-0.2, -0.15) is 0 Å². The summed E-state index contributed by atoms with van der Waals surface area (Å²) in [5.41, 5.74) is 7.53. The Morgan fingerprint density at radius 3 is 2.41 bits per heavy atom. The van der Waals surface area contributed by atoms with E-state index in [0.717, 1.165) is 18.5 Å². The van der Waals surface area contributed by atoms with Gasteiger partial charge in [-0.05, 0) is 44.4 Å². The van der Waals surface area contributed by atoms with E-state index in [9.17, 15) is 8.42 Å². The number of nitrogen functional groups attached to an aromatic ring is 1. The first-order valence-electron chi connectivity index (χ1n) is 5.42. The molecule has 1 saturated carbocycles. The van der Waals surface area contributed by atoms with E-state index in [4.69, 9.17) is 10.9 Å². The highest BCUT2D eigenvalue weighted by molar-refractivity contribution is 7.89. The summed E-state index contributed by atoms with van der Waals surface area (Å²) in [5, 5.41) is 8.48. The summed E-state index contributed by atoms with van der Waals surface area (Å²) in [6, 6.07) is 3.14. The number of anilines is 2. The van der Waals surface area contributed by atoms with Crippen LogP contribution in [0.5, 0.6) is 0 Å². The molecule has 1 aromatic rings. The van der Waals surface area contributed by atoms with Gasteiger partial charge in [-0.1, -0.05) is 0 Å². The molecule has 0 amide bonds. The Kier molecular flexibility index (Phi) is 2.59. The van der Waals surface area contributed by atoms with Crippen LogP contribution < -0.4 is 16.2 Å². The van der Waals surface area contributed by atoms with Crippen molar-refractivity contribution in [1.82, 2.24) is 0 Å². The molecule has 1 aliphatic carbocycles. The Bertz CT molecular complexity index is 562. The number of nitrogens with two attached hydrogens (primary N) is 2. The fourth-order valence-corrected chi connectivity index (χ4v) is 2.61. The molecule has 2 rings (SSSR count). The third-order valence-corrected chi connectivity index (χ3v) is 4.16. The van der Waals surface area contributed by atoms with Gasteiger partial charge in [0.05, 0.1) is 4.90 Å². The topological polar surface area (TPSA) is 98.2 Å². The largest absolute Gasteiger partial charge is 0.399 e. The average molecular weight is 255 g/mol. The highest BCUT2D eigenvalue weighted by Gasteiger charge is 2.37. The lowest BCUT2D eigenvalue weighted by atomic mass is 10.1. The maximum Gasteiger partial charge on any atom is 0.238 e. The molecule has 0 heterocycles. The first-order valence-corrected chi connectivity index (χ1v) is 6.97. The second-order valence-corrected chi connectivity index (χ2v) is 6.45. The summed E-state index contributed by atoms with van der Waals surface area (Å²) in [4.78, 5) is 0.0873. The molecule has 0 aromatic heterocycles. The van der Waals surface area contributed by atoms with Gasteiger partial charge >= 0.3 is 0 Å². The fraction of sp³-hybridized carbons (Fsp3) is 0.455. The molecular formula is C11H17N3O2S. The molecule has 0 unspecified atom stereocenters. The van der Waals surface area contributed by atoms with Gasteiger partial charge < -0.3 is 11.1 Å². The van der Waals surface area contributed by atoms with E-state index in [1.165, 1.54) is 6.07 Å². The van der Waals surface area contributed by atoms with E-state index in [-0.39, 0.29) is 10.4 Å². The average Bonchev–Trinajstić information content (AvgIpc) is 2.87. The quantitative estimate of drug-likeness (QED) is 0.706. The van der Waals surface area contributed by atoms with E-state index in [2.05, 4.69) is 12.2 Å². The second kappa shape index (κ2) is 3.61. The van der Waals surface area contributed by atoms with Crippen LogP contribution in [0.1, 0.15) is 25.3 Å². The molecule has 17 heavy (non-hydrogen) atoms. The molecule has 1 aromatic carbocycles. The molecule has 1 fully saturated rings. The first-order chi connectivity index (χ1) is 7.71. The molecule has 0 atom stereocenters. The maximum absolute atomic E-state index is 11.4. The fourth-order valence-electron chi connectivity index (χ4n) is 1.77. The molecule has 94 valence electrons. The van der Waals surface area contributed by atoms with Gasteiger partial charge in [0, 0.05) is 16.9 Å². The highest BCUT2D eigenvalue weighted by Crippen LogP contribution is 2.40. The van der Waals surface area contributed by atoms with Gasteiger partial charge in [0.15, 0.2) is 0 Å². The van der Waals surface area contributed by atoms with Crippen LogP contribution in [0.2, 0.25) is 0 Å². The molecule has 1 aliphatic rings. The van der Waals surface area contributed by atoms with E-state index in [1.807, 2.05) is 0 Å². The Morgan fingerprint density at radius 2 is 1.94 bits per heavy atom. The molecule has 5 nitrogen and oxygen atoms in total. The van der Waals surface area contributed by atoms with Crippen molar-refractivity contribution in [3.05, 3.63) is 17.7 Å². The Balaban J connectivity index is 2.49. The molecule has 5 N–H and O–H groups in total. The van der Waals surface area contributed by atoms with Crippen LogP contribution in [0, 0.1) is 6.92 Å². The lowest BCUT2D eigenvalue weighted by Crippen LogP contribution is -2.19. The van der Waals surface area contributed by atoms with Crippen molar-refractivity contribution in [3.8, 4) is 0 Å². The molecule has 0 aliphatic heterocycles. The van der Waals surface area contributed by atoms with Crippen LogP contribution in [0.25, 0.3) is 0 Å². The summed E-state index contributed by atoms with van der Waals surface area (Å²) >= 11 is 0. The van der Waals surface area contributed by atoms with Crippen molar-refractivity contribution in [1.29, 1.82) is 0 Å². The smallest absolute Gasteiger partial charge is 0.238 e. The first kappa shape index (κ1) is 12.2. The number of hydrogen-bond acceptors (Lipinski definition) is 4. The van der Waals surface area contributed by atoms with Crippen LogP contribution in [-0.2, 0) is 10.0 Å². The standard InChI is InChI=1S/C11H17N3O2S/c1-7-9(14-11(2)3-4-11)5-8(12)6-10(7)17(13,15)16/h5-6,14H,3-4,12H2,1-2H3,(H2,13,15,16). The van der Waals surface area contributed by atoms with Gasteiger partial charge in [-0.25, -0.2) is 13.6 Å². The third-order valence-electron chi connectivity index (χ3n) is 3.13. The highest BCUT2D eigenvalue weighted by atomic mass is 32.2. The minimum atomic E-state index is -3.73. The summed E-state index contributed by atoms with van der Waals surface area (Å²) in [5.74, 6) is 0. The summed E-state index contributed by atoms with van der Waals surface area (Å²) in [6.07, 6.45) is 2.15. The summed E-state index contributed by atoms with van der Waals surface area (Å²) in [7, 11) is -3.73. The lowest BCUT2D eigenvalue weighted by molar-refractivity contribution is 0.597. The van der Waals surface area contributed by atoms with Gasteiger partial charge in [0.1, 0.15) is 0 Å². The maximum atomic E-state index is 11.4. The number of sulfonamides is 1. The van der Waals surface area contributed by atoms with Gasteiger partial charge in [-0.15, -0.1) is 0 Å². The molecule has 0 saturated heterocycles. The minimum absolute atomic E-state index is 0.0637. The van der Waals surface area contributed by atoms with E-state index >= 15 is 0 Å². The second-order valence-electron chi connectivity index (χ2n) is 4.92. The van der Waals surface area contributed by atoms with Crippen LogP contribution in [0.4, 0.5) is 11.4 Å². The number of hydrogen-bond donors (Lipinski definition) is 3. The molecule has 6 heteroatoms. The van der Waals surface area contributed by atoms with Crippen LogP contribution in [0.15, 0.2) is 17.0 Å². The zero-order chi connectivity index (χ0) is 12.8.